The Labute approximate surface area is 128 Å². The quantitative estimate of drug-likeness (QED) is 0.943. The number of hydrogen-bond donors (Lipinski definition) is 1. The van der Waals surface area contributed by atoms with Gasteiger partial charge in [-0.3, -0.25) is 4.79 Å². The maximum Gasteiger partial charge on any atom is 0.254 e. The molecule has 2 aromatic rings. The average Bonchev–Trinajstić information content (AvgIpc) is 3.19. The van der Waals surface area contributed by atoms with Crippen LogP contribution in [0.2, 0.25) is 0 Å². The number of aliphatic hydroxyl groups excluding tert-OH is 1. The van der Waals surface area contributed by atoms with Crippen LogP contribution in [0.5, 0.6) is 0 Å². The van der Waals surface area contributed by atoms with Gasteiger partial charge in [-0.15, -0.1) is 0 Å². The van der Waals surface area contributed by atoms with Crippen molar-refractivity contribution < 1.29 is 9.90 Å². The van der Waals surface area contributed by atoms with E-state index in [1.165, 1.54) is 5.56 Å². The van der Waals surface area contributed by atoms with Crippen molar-refractivity contribution in [3.05, 3.63) is 57.8 Å². The molecule has 1 N–H and O–H groups in total. The van der Waals surface area contributed by atoms with Gasteiger partial charge in [0.1, 0.15) is 0 Å². The molecule has 0 aliphatic carbocycles. The number of hydrogen-bond acceptors (Lipinski definition) is 3. The highest BCUT2D eigenvalue weighted by Crippen LogP contribution is 2.23. The van der Waals surface area contributed by atoms with Crippen LogP contribution >= 0.6 is 11.3 Å². The summed E-state index contributed by atoms with van der Waals surface area (Å²) in [6, 6.07) is 9.99. The molecule has 0 spiro atoms. The highest BCUT2D eigenvalue weighted by atomic mass is 32.1. The lowest BCUT2D eigenvalue weighted by Crippen LogP contribution is -2.28. The number of rotatable bonds is 4. The second kappa shape index (κ2) is 6.41. The minimum Gasteiger partial charge on any atom is -0.392 e. The van der Waals surface area contributed by atoms with E-state index < -0.39 is 0 Å². The van der Waals surface area contributed by atoms with Gasteiger partial charge in [0.15, 0.2) is 0 Å². The fourth-order valence-electron chi connectivity index (χ4n) is 2.87. The van der Waals surface area contributed by atoms with Crippen molar-refractivity contribution in [3.8, 4) is 0 Å². The number of benzene rings is 1. The molecule has 0 radical (unpaired) electrons. The topological polar surface area (TPSA) is 40.5 Å². The minimum absolute atomic E-state index is 0.0899. The number of aliphatic hydroxyl groups is 1. The fraction of sp³-hybridized carbons (Fsp3) is 0.353. The predicted molar refractivity (Wildman–Crippen MR) is 84.4 cm³/mol. The van der Waals surface area contributed by atoms with Crippen LogP contribution in [0.3, 0.4) is 0 Å². The minimum atomic E-state index is 0.0899. The van der Waals surface area contributed by atoms with Crippen molar-refractivity contribution in [1.29, 1.82) is 0 Å². The molecule has 2 heterocycles. The first-order valence-corrected chi connectivity index (χ1v) is 8.20. The zero-order valence-corrected chi connectivity index (χ0v) is 12.7. The number of carbonyl (C=O) groups excluding carboxylic acids is 1. The van der Waals surface area contributed by atoms with E-state index >= 15 is 0 Å². The Hall–Kier alpha value is -1.65. The molecular formula is C17H19NO2S. The molecule has 4 heteroatoms. The van der Waals surface area contributed by atoms with E-state index in [-0.39, 0.29) is 12.5 Å². The van der Waals surface area contributed by atoms with Gasteiger partial charge in [0, 0.05) is 18.5 Å². The van der Waals surface area contributed by atoms with Gasteiger partial charge in [0.2, 0.25) is 0 Å². The first-order chi connectivity index (χ1) is 10.3. The first-order valence-electron chi connectivity index (χ1n) is 7.26. The van der Waals surface area contributed by atoms with Crippen molar-refractivity contribution in [3.63, 3.8) is 0 Å². The van der Waals surface area contributed by atoms with Crippen LogP contribution in [0.4, 0.5) is 0 Å². The van der Waals surface area contributed by atoms with Crippen molar-refractivity contribution in [2.24, 2.45) is 5.92 Å². The van der Waals surface area contributed by atoms with E-state index in [1.807, 2.05) is 33.9 Å². The predicted octanol–water partition coefficient (Wildman–Crippen LogP) is 2.95. The van der Waals surface area contributed by atoms with Crippen molar-refractivity contribution >= 4 is 17.2 Å². The molecule has 1 fully saturated rings. The van der Waals surface area contributed by atoms with Crippen LogP contribution in [0.1, 0.15) is 27.9 Å². The van der Waals surface area contributed by atoms with E-state index in [4.69, 9.17) is 5.11 Å². The molecule has 21 heavy (non-hydrogen) atoms. The van der Waals surface area contributed by atoms with E-state index in [0.29, 0.717) is 5.92 Å². The third kappa shape index (κ3) is 3.34. The summed E-state index contributed by atoms with van der Waals surface area (Å²) in [4.78, 5) is 14.3. The molecule has 0 unspecified atom stereocenters. The lowest BCUT2D eigenvalue weighted by molar-refractivity contribution is 0.0787. The molecule has 1 aliphatic heterocycles. The van der Waals surface area contributed by atoms with Crippen LogP contribution in [0.15, 0.2) is 41.1 Å². The largest absolute Gasteiger partial charge is 0.392 e. The van der Waals surface area contributed by atoms with Crippen LogP contribution in [0, 0.1) is 5.92 Å². The van der Waals surface area contributed by atoms with E-state index in [2.05, 4.69) is 12.1 Å². The Kier molecular flexibility index (Phi) is 4.36. The van der Waals surface area contributed by atoms with Crippen molar-refractivity contribution in [2.45, 2.75) is 19.4 Å². The second-order valence-electron chi connectivity index (χ2n) is 5.60. The van der Waals surface area contributed by atoms with Crippen LogP contribution in [-0.2, 0) is 13.0 Å². The van der Waals surface area contributed by atoms with Gasteiger partial charge < -0.3 is 10.0 Å². The number of thiophene rings is 1. The molecule has 1 aromatic carbocycles. The summed E-state index contributed by atoms with van der Waals surface area (Å²) in [5, 5.41) is 12.9. The maximum atomic E-state index is 12.3. The second-order valence-corrected chi connectivity index (χ2v) is 6.38. The van der Waals surface area contributed by atoms with Gasteiger partial charge >= 0.3 is 0 Å². The molecule has 110 valence electrons. The number of carbonyl (C=O) groups is 1. The molecule has 1 saturated heterocycles. The van der Waals surface area contributed by atoms with Gasteiger partial charge in [0.25, 0.3) is 5.91 Å². The Bertz CT molecular complexity index is 592. The summed E-state index contributed by atoms with van der Waals surface area (Å²) in [7, 11) is 0. The zero-order chi connectivity index (χ0) is 14.7. The standard InChI is InChI=1S/C17H19NO2S/c19-11-14-3-1-13(2-4-14)9-15-5-7-18(10-15)17(20)16-6-8-21-12-16/h1-4,6,8,12,15,19H,5,7,9-11H2/t15-/m0/s1. The zero-order valence-electron chi connectivity index (χ0n) is 11.9. The fourth-order valence-corrected chi connectivity index (χ4v) is 3.50. The number of likely N-dealkylation sites (tertiary alicyclic amines) is 1. The van der Waals surface area contributed by atoms with Crippen molar-refractivity contribution in [1.82, 2.24) is 4.90 Å². The summed E-state index contributed by atoms with van der Waals surface area (Å²) < 4.78 is 0. The van der Waals surface area contributed by atoms with E-state index in [1.54, 1.807) is 11.3 Å². The highest BCUT2D eigenvalue weighted by Gasteiger charge is 2.27. The molecule has 0 saturated carbocycles. The summed E-state index contributed by atoms with van der Waals surface area (Å²) in [5.41, 5.74) is 3.04. The smallest absolute Gasteiger partial charge is 0.254 e. The maximum absolute atomic E-state index is 12.3. The van der Waals surface area contributed by atoms with E-state index in [0.717, 1.165) is 37.1 Å². The van der Waals surface area contributed by atoms with Gasteiger partial charge in [-0.05, 0) is 41.3 Å². The normalized spacial score (nSPS) is 18.1. The molecule has 1 aromatic heterocycles. The van der Waals surface area contributed by atoms with Gasteiger partial charge in [-0.25, -0.2) is 0 Å². The van der Waals surface area contributed by atoms with Crippen LogP contribution in [-0.4, -0.2) is 29.0 Å². The first kappa shape index (κ1) is 14.3. The molecule has 1 atom stereocenters. The van der Waals surface area contributed by atoms with Gasteiger partial charge in [0.05, 0.1) is 12.2 Å². The molecule has 3 nitrogen and oxygen atoms in total. The third-order valence-electron chi connectivity index (χ3n) is 4.07. The molecule has 3 rings (SSSR count). The van der Waals surface area contributed by atoms with Crippen LogP contribution < -0.4 is 0 Å². The van der Waals surface area contributed by atoms with Gasteiger partial charge in [-0.2, -0.15) is 11.3 Å². The SMILES string of the molecule is O=C(c1ccsc1)N1CC[C@@H](Cc2ccc(CO)cc2)C1. The number of amides is 1. The number of nitrogens with zero attached hydrogens (tertiary/aromatic N) is 1. The molecule has 1 amide bonds. The molecule has 1 aliphatic rings. The lowest BCUT2D eigenvalue weighted by atomic mass is 9.98. The Morgan fingerprint density at radius 1 is 1.24 bits per heavy atom. The van der Waals surface area contributed by atoms with Crippen LogP contribution in [0.25, 0.3) is 0 Å². The Morgan fingerprint density at radius 3 is 2.67 bits per heavy atom. The summed E-state index contributed by atoms with van der Waals surface area (Å²) >= 11 is 1.57. The Balaban J connectivity index is 1.58. The monoisotopic (exact) mass is 301 g/mol. The molecular weight excluding hydrogens is 282 g/mol. The lowest BCUT2D eigenvalue weighted by Gasteiger charge is -2.16. The highest BCUT2D eigenvalue weighted by molar-refractivity contribution is 7.08. The summed E-state index contributed by atoms with van der Waals surface area (Å²) in [5.74, 6) is 0.696. The Morgan fingerprint density at radius 2 is 2.00 bits per heavy atom. The third-order valence-corrected chi connectivity index (χ3v) is 4.75. The summed E-state index contributed by atoms with van der Waals surface area (Å²) in [6.07, 6.45) is 2.07. The molecule has 0 bridgehead atoms. The average molecular weight is 301 g/mol. The van der Waals surface area contributed by atoms with Crippen molar-refractivity contribution in [2.75, 3.05) is 13.1 Å². The van der Waals surface area contributed by atoms with E-state index in [9.17, 15) is 4.79 Å². The summed E-state index contributed by atoms with van der Waals surface area (Å²) in [6.45, 7) is 1.79. The van der Waals surface area contributed by atoms with Gasteiger partial charge in [-0.1, -0.05) is 24.3 Å².